The molecule has 0 aromatic heterocycles. The van der Waals surface area contributed by atoms with Crippen LogP contribution < -0.4 is 0 Å². The molecular formula is C12H17N. The van der Waals surface area contributed by atoms with Gasteiger partial charge in [0.25, 0.3) is 0 Å². The average Bonchev–Trinajstić information content (AvgIpc) is 2.62. The molecule has 0 amide bonds. The van der Waals surface area contributed by atoms with E-state index in [0.29, 0.717) is 6.04 Å². The molecule has 1 unspecified atom stereocenters. The van der Waals surface area contributed by atoms with E-state index in [4.69, 9.17) is 0 Å². The van der Waals surface area contributed by atoms with Gasteiger partial charge >= 0.3 is 0 Å². The van der Waals surface area contributed by atoms with Gasteiger partial charge in [-0.05, 0) is 17.6 Å². The summed E-state index contributed by atoms with van der Waals surface area (Å²) in [7, 11) is 0. The van der Waals surface area contributed by atoms with E-state index in [2.05, 4.69) is 31.2 Å². The largest absolute Gasteiger partial charge is 0.285 e. The van der Waals surface area contributed by atoms with Gasteiger partial charge in [0.1, 0.15) is 0 Å². The Bertz CT molecular complexity index is 258. The highest BCUT2D eigenvalue weighted by molar-refractivity contribution is 5.88. The minimum absolute atomic E-state index is 0.381. The number of unbranched alkanes of at least 4 members (excludes halogenated alkanes) is 1. The Morgan fingerprint density at radius 2 is 2.46 bits per heavy atom. The predicted molar refractivity (Wildman–Crippen MR) is 59.2 cm³/mol. The number of hydrogen-bond acceptors (Lipinski definition) is 1. The third kappa shape index (κ3) is 2.69. The first-order valence-corrected chi connectivity index (χ1v) is 4.84. The van der Waals surface area contributed by atoms with E-state index in [0.717, 1.165) is 17.6 Å². The molecule has 1 heterocycles. The van der Waals surface area contributed by atoms with Crippen LogP contribution in [-0.4, -0.2) is 12.3 Å². The van der Waals surface area contributed by atoms with Crippen LogP contribution in [0, 0.1) is 0 Å². The lowest BCUT2D eigenvalue weighted by Gasteiger charge is -2.01. The topological polar surface area (TPSA) is 12.4 Å². The minimum Gasteiger partial charge on any atom is -0.285 e. The van der Waals surface area contributed by atoms with E-state index >= 15 is 0 Å². The monoisotopic (exact) mass is 175 g/mol. The maximum absolute atomic E-state index is 4.40. The highest BCUT2D eigenvalue weighted by Gasteiger charge is 2.10. The van der Waals surface area contributed by atoms with Crippen LogP contribution in [0.1, 0.15) is 26.2 Å². The fourth-order valence-electron chi connectivity index (χ4n) is 1.35. The van der Waals surface area contributed by atoms with Crippen molar-refractivity contribution in [3.8, 4) is 0 Å². The van der Waals surface area contributed by atoms with Crippen molar-refractivity contribution in [3.63, 3.8) is 0 Å². The number of aliphatic imine (C=N–C) groups is 1. The summed E-state index contributed by atoms with van der Waals surface area (Å²) in [4.78, 5) is 4.40. The van der Waals surface area contributed by atoms with Crippen molar-refractivity contribution in [1.82, 2.24) is 0 Å². The minimum atomic E-state index is 0.381. The molecule has 0 aliphatic carbocycles. The fraction of sp³-hybridized carbons (Fsp3) is 0.417. The third-order valence-electron chi connectivity index (χ3n) is 2.25. The Balaban J connectivity index is 2.50. The second-order valence-corrected chi connectivity index (χ2v) is 3.34. The van der Waals surface area contributed by atoms with E-state index < -0.39 is 0 Å². The van der Waals surface area contributed by atoms with E-state index in [1.54, 1.807) is 6.08 Å². The summed E-state index contributed by atoms with van der Waals surface area (Å²) in [6.45, 7) is 9.78. The molecule has 0 bridgehead atoms. The molecule has 0 N–H and O–H groups in total. The Hall–Kier alpha value is -1.11. The molecular weight excluding hydrogens is 158 g/mol. The van der Waals surface area contributed by atoms with Gasteiger partial charge in [0, 0.05) is 6.21 Å². The quantitative estimate of drug-likeness (QED) is 0.568. The first-order chi connectivity index (χ1) is 6.27. The van der Waals surface area contributed by atoms with Crippen molar-refractivity contribution in [2.24, 2.45) is 4.99 Å². The van der Waals surface area contributed by atoms with E-state index in [1.165, 1.54) is 12.8 Å². The average molecular weight is 175 g/mol. The lowest BCUT2D eigenvalue weighted by atomic mass is 10.1. The lowest BCUT2D eigenvalue weighted by molar-refractivity contribution is 0.663. The van der Waals surface area contributed by atoms with Crippen molar-refractivity contribution in [2.75, 3.05) is 0 Å². The van der Waals surface area contributed by atoms with E-state index in [-0.39, 0.29) is 0 Å². The highest BCUT2D eigenvalue weighted by atomic mass is 14.8. The molecule has 1 atom stereocenters. The molecule has 0 spiro atoms. The number of hydrogen-bond donors (Lipinski definition) is 0. The summed E-state index contributed by atoms with van der Waals surface area (Å²) in [6.07, 6.45) is 9.49. The van der Waals surface area contributed by atoms with Gasteiger partial charge in [-0.3, -0.25) is 4.99 Å². The molecule has 1 rings (SSSR count). The summed E-state index contributed by atoms with van der Waals surface area (Å²) < 4.78 is 0. The molecule has 0 saturated carbocycles. The molecule has 0 fully saturated rings. The zero-order valence-electron chi connectivity index (χ0n) is 8.29. The van der Waals surface area contributed by atoms with Crippen LogP contribution in [-0.2, 0) is 0 Å². The molecule has 0 radical (unpaired) electrons. The lowest BCUT2D eigenvalue weighted by Crippen LogP contribution is -1.95. The maximum atomic E-state index is 4.40. The molecule has 0 aromatic carbocycles. The van der Waals surface area contributed by atoms with Gasteiger partial charge in [0.05, 0.1) is 6.04 Å². The summed E-state index contributed by atoms with van der Waals surface area (Å²) in [6, 6.07) is 0.381. The Labute approximate surface area is 80.6 Å². The van der Waals surface area contributed by atoms with Crippen molar-refractivity contribution >= 4 is 6.21 Å². The number of nitrogens with zero attached hydrogens (tertiary/aromatic N) is 1. The van der Waals surface area contributed by atoms with Gasteiger partial charge < -0.3 is 0 Å². The summed E-state index contributed by atoms with van der Waals surface area (Å²) in [5.41, 5.74) is 2.11. The van der Waals surface area contributed by atoms with Gasteiger partial charge in [0.2, 0.25) is 0 Å². The van der Waals surface area contributed by atoms with Crippen molar-refractivity contribution in [3.05, 3.63) is 36.5 Å². The van der Waals surface area contributed by atoms with E-state index in [9.17, 15) is 0 Å². The van der Waals surface area contributed by atoms with Crippen LogP contribution in [0.15, 0.2) is 41.4 Å². The van der Waals surface area contributed by atoms with Crippen molar-refractivity contribution in [1.29, 1.82) is 0 Å². The van der Waals surface area contributed by atoms with Crippen LogP contribution >= 0.6 is 0 Å². The number of rotatable bonds is 5. The maximum Gasteiger partial charge on any atom is 0.0689 e. The second-order valence-electron chi connectivity index (χ2n) is 3.34. The SMILES string of the molecule is C=CC(=C)C1=CC(CCCC)N=C1. The molecule has 1 aliphatic rings. The zero-order chi connectivity index (χ0) is 9.68. The van der Waals surface area contributed by atoms with Crippen molar-refractivity contribution in [2.45, 2.75) is 32.2 Å². The standard InChI is InChI=1S/C12H17N/c1-4-6-7-12-8-11(9-13-12)10(3)5-2/h5,8-9,12H,2-4,6-7H2,1H3. The third-order valence-corrected chi connectivity index (χ3v) is 2.25. The van der Waals surface area contributed by atoms with Gasteiger partial charge in [-0.15, -0.1) is 0 Å². The molecule has 70 valence electrons. The first-order valence-electron chi connectivity index (χ1n) is 4.84. The van der Waals surface area contributed by atoms with Crippen LogP contribution in [0.2, 0.25) is 0 Å². The Morgan fingerprint density at radius 1 is 1.69 bits per heavy atom. The fourth-order valence-corrected chi connectivity index (χ4v) is 1.35. The molecule has 1 aliphatic heterocycles. The van der Waals surface area contributed by atoms with Crippen LogP contribution in [0.25, 0.3) is 0 Å². The van der Waals surface area contributed by atoms with Crippen molar-refractivity contribution < 1.29 is 0 Å². The van der Waals surface area contributed by atoms with Gasteiger partial charge in [-0.25, -0.2) is 0 Å². The normalized spacial score (nSPS) is 20.1. The Morgan fingerprint density at radius 3 is 3.08 bits per heavy atom. The second kappa shape index (κ2) is 4.80. The summed E-state index contributed by atoms with van der Waals surface area (Å²) in [5, 5.41) is 0. The van der Waals surface area contributed by atoms with Crippen LogP contribution in [0.5, 0.6) is 0 Å². The first kappa shape index (κ1) is 9.97. The molecule has 13 heavy (non-hydrogen) atoms. The molecule has 1 heteroatoms. The highest BCUT2D eigenvalue weighted by Crippen LogP contribution is 2.18. The summed E-state index contributed by atoms with van der Waals surface area (Å²) in [5.74, 6) is 0. The number of allylic oxidation sites excluding steroid dienone is 3. The van der Waals surface area contributed by atoms with Gasteiger partial charge in [0.15, 0.2) is 0 Å². The Kier molecular flexibility index (Phi) is 3.69. The van der Waals surface area contributed by atoms with Crippen LogP contribution in [0.4, 0.5) is 0 Å². The van der Waals surface area contributed by atoms with Crippen LogP contribution in [0.3, 0.4) is 0 Å². The zero-order valence-corrected chi connectivity index (χ0v) is 8.29. The molecule has 1 nitrogen and oxygen atoms in total. The smallest absolute Gasteiger partial charge is 0.0689 e. The molecule has 0 saturated heterocycles. The summed E-state index contributed by atoms with van der Waals surface area (Å²) >= 11 is 0. The molecule has 0 aromatic rings. The van der Waals surface area contributed by atoms with Gasteiger partial charge in [-0.1, -0.05) is 45.1 Å². The van der Waals surface area contributed by atoms with Gasteiger partial charge in [-0.2, -0.15) is 0 Å². The predicted octanol–water partition coefficient (Wildman–Crippen LogP) is 3.30. The van der Waals surface area contributed by atoms with E-state index in [1.807, 2.05) is 6.21 Å².